The summed E-state index contributed by atoms with van der Waals surface area (Å²) in [5.41, 5.74) is 2.02. The molecular weight excluding hydrogens is 338 g/mol. The van der Waals surface area contributed by atoms with Gasteiger partial charge in [-0.25, -0.2) is 4.98 Å². The van der Waals surface area contributed by atoms with Gasteiger partial charge in [0.05, 0.1) is 6.04 Å². The molecule has 0 aliphatic carbocycles. The molecule has 0 saturated heterocycles. The number of halogens is 1. The molecule has 0 saturated carbocycles. The topological polar surface area (TPSA) is 67.1 Å². The molecule has 25 heavy (non-hydrogen) atoms. The zero-order valence-corrected chi connectivity index (χ0v) is 15.2. The van der Waals surface area contributed by atoms with Gasteiger partial charge in [0.25, 0.3) is 5.89 Å². The van der Waals surface area contributed by atoms with Gasteiger partial charge in [-0.3, -0.25) is 0 Å². The van der Waals surface area contributed by atoms with E-state index < -0.39 is 0 Å². The first-order chi connectivity index (χ1) is 12.0. The Hall–Kier alpha value is -2.44. The number of nitrogens with zero attached hydrogens (tertiary/aromatic N) is 4. The summed E-state index contributed by atoms with van der Waals surface area (Å²) in [7, 11) is 4.10. The van der Waals surface area contributed by atoms with Crippen molar-refractivity contribution >= 4 is 17.4 Å². The Morgan fingerprint density at radius 1 is 1.20 bits per heavy atom. The van der Waals surface area contributed by atoms with Gasteiger partial charge in [0.15, 0.2) is 5.82 Å². The van der Waals surface area contributed by atoms with E-state index in [9.17, 15) is 0 Å². The number of hydrogen-bond acceptors (Lipinski definition) is 6. The van der Waals surface area contributed by atoms with E-state index in [4.69, 9.17) is 16.1 Å². The molecule has 0 fully saturated rings. The van der Waals surface area contributed by atoms with Gasteiger partial charge in [0.2, 0.25) is 0 Å². The molecule has 1 N–H and O–H groups in total. The van der Waals surface area contributed by atoms with E-state index in [0.717, 1.165) is 16.4 Å². The number of nitrogens with one attached hydrogen (secondary N) is 1. The Morgan fingerprint density at radius 2 is 1.96 bits per heavy atom. The number of benzene rings is 1. The fourth-order valence-electron chi connectivity index (χ4n) is 2.56. The summed E-state index contributed by atoms with van der Waals surface area (Å²) in [6, 6.07) is 11.8. The quantitative estimate of drug-likeness (QED) is 0.723. The standard InChI is InChI=1S/C18H20ClN5O/c1-12-22-18(25-23-12)14-8-9-20-17(10-14)21-11-16(24(2)3)13-4-6-15(19)7-5-13/h4-10,16H,11H2,1-3H3,(H,20,21). The van der Waals surface area contributed by atoms with Crippen molar-refractivity contribution in [3.05, 3.63) is 59.0 Å². The molecule has 6 nitrogen and oxygen atoms in total. The molecule has 1 atom stereocenters. The largest absolute Gasteiger partial charge is 0.368 e. The molecular formula is C18H20ClN5O. The van der Waals surface area contributed by atoms with Gasteiger partial charge < -0.3 is 14.7 Å². The first kappa shape index (κ1) is 17.4. The zero-order chi connectivity index (χ0) is 17.8. The highest BCUT2D eigenvalue weighted by Gasteiger charge is 2.14. The molecule has 130 valence electrons. The SMILES string of the molecule is Cc1noc(-c2ccnc(NCC(c3ccc(Cl)cc3)N(C)C)c2)n1. The number of anilines is 1. The van der Waals surface area contributed by atoms with E-state index in [1.54, 1.807) is 13.1 Å². The number of aromatic nitrogens is 3. The van der Waals surface area contributed by atoms with Crippen LogP contribution in [-0.2, 0) is 0 Å². The molecule has 0 aliphatic heterocycles. The summed E-state index contributed by atoms with van der Waals surface area (Å²) in [6.07, 6.45) is 1.73. The average molecular weight is 358 g/mol. The minimum atomic E-state index is 0.188. The van der Waals surface area contributed by atoms with Crippen LogP contribution >= 0.6 is 11.6 Å². The van der Waals surface area contributed by atoms with Crippen molar-refractivity contribution in [1.29, 1.82) is 0 Å². The molecule has 0 spiro atoms. The summed E-state index contributed by atoms with van der Waals surface area (Å²) in [6.45, 7) is 2.50. The zero-order valence-electron chi connectivity index (χ0n) is 14.4. The third kappa shape index (κ3) is 4.35. The van der Waals surface area contributed by atoms with Crippen molar-refractivity contribution < 1.29 is 4.52 Å². The molecule has 3 aromatic rings. The smallest absolute Gasteiger partial charge is 0.258 e. The van der Waals surface area contributed by atoms with Crippen LogP contribution in [0.15, 0.2) is 47.1 Å². The number of likely N-dealkylation sites (N-methyl/N-ethyl adjacent to an activating group) is 1. The first-order valence-electron chi connectivity index (χ1n) is 7.95. The Bertz CT molecular complexity index is 831. The molecule has 0 amide bonds. The van der Waals surface area contributed by atoms with Gasteiger partial charge in [-0.2, -0.15) is 4.98 Å². The Balaban J connectivity index is 1.74. The van der Waals surface area contributed by atoms with E-state index >= 15 is 0 Å². The third-order valence-corrected chi connectivity index (χ3v) is 4.14. The van der Waals surface area contributed by atoms with Gasteiger partial charge in [-0.1, -0.05) is 28.9 Å². The van der Waals surface area contributed by atoms with Crippen LogP contribution in [0.25, 0.3) is 11.5 Å². The Morgan fingerprint density at radius 3 is 2.60 bits per heavy atom. The minimum absolute atomic E-state index is 0.188. The fourth-order valence-corrected chi connectivity index (χ4v) is 2.69. The van der Waals surface area contributed by atoms with Crippen molar-refractivity contribution in [2.75, 3.05) is 26.0 Å². The first-order valence-corrected chi connectivity index (χ1v) is 8.33. The highest BCUT2D eigenvalue weighted by Crippen LogP contribution is 2.23. The maximum atomic E-state index is 5.99. The maximum absolute atomic E-state index is 5.99. The van der Waals surface area contributed by atoms with Crippen LogP contribution in [0.1, 0.15) is 17.4 Å². The molecule has 1 aromatic carbocycles. The summed E-state index contributed by atoms with van der Waals surface area (Å²) in [5, 5.41) is 7.94. The fraction of sp³-hybridized carbons (Fsp3) is 0.278. The van der Waals surface area contributed by atoms with Crippen LogP contribution in [0.3, 0.4) is 0 Å². The minimum Gasteiger partial charge on any atom is -0.368 e. The van der Waals surface area contributed by atoms with Crippen molar-refractivity contribution in [2.45, 2.75) is 13.0 Å². The van der Waals surface area contributed by atoms with Crippen LogP contribution in [0.2, 0.25) is 5.02 Å². The molecule has 0 radical (unpaired) electrons. The molecule has 7 heteroatoms. The van der Waals surface area contributed by atoms with Crippen LogP contribution in [0, 0.1) is 6.92 Å². The molecule has 3 rings (SSSR count). The van der Waals surface area contributed by atoms with Gasteiger partial charge in [0, 0.05) is 23.3 Å². The highest BCUT2D eigenvalue weighted by molar-refractivity contribution is 6.30. The molecule has 0 bridgehead atoms. The monoisotopic (exact) mass is 357 g/mol. The van der Waals surface area contributed by atoms with Gasteiger partial charge in [0.1, 0.15) is 5.82 Å². The van der Waals surface area contributed by atoms with Gasteiger partial charge >= 0.3 is 0 Å². The van der Waals surface area contributed by atoms with Crippen LogP contribution < -0.4 is 5.32 Å². The van der Waals surface area contributed by atoms with Crippen molar-refractivity contribution in [1.82, 2.24) is 20.0 Å². The molecule has 2 aromatic heterocycles. The third-order valence-electron chi connectivity index (χ3n) is 3.89. The van der Waals surface area contributed by atoms with Gasteiger partial charge in [-0.15, -0.1) is 0 Å². The Kier molecular flexibility index (Phi) is 5.31. The lowest BCUT2D eigenvalue weighted by atomic mass is 10.1. The molecule has 1 unspecified atom stereocenters. The molecule has 2 heterocycles. The van der Waals surface area contributed by atoms with Crippen LogP contribution in [0.5, 0.6) is 0 Å². The maximum Gasteiger partial charge on any atom is 0.258 e. The van der Waals surface area contributed by atoms with Crippen molar-refractivity contribution in [3.8, 4) is 11.5 Å². The Labute approximate surface area is 151 Å². The number of pyridine rings is 1. The second kappa shape index (κ2) is 7.63. The summed E-state index contributed by atoms with van der Waals surface area (Å²) in [5.74, 6) is 1.86. The number of aryl methyl sites for hydroxylation is 1. The van der Waals surface area contributed by atoms with E-state index in [2.05, 4.69) is 25.3 Å². The number of hydrogen-bond donors (Lipinski definition) is 1. The van der Waals surface area contributed by atoms with Crippen molar-refractivity contribution in [3.63, 3.8) is 0 Å². The van der Waals surface area contributed by atoms with E-state index in [-0.39, 0.29) is 6.04 Å². The van der Waals surface area contributed by atoms with E-state index in [0.29, 0.717) is 18.3 Å². The van der Waals surface area contributed by atoms with E-state index in [1.807, 2.05) is 50.5 Å². The normalized spacial score (nSPS) is 12.4. The lowest BCUT2D eigenvalue weighted by molar-refractivity contribution is 0.311. The second-order valence-electron chi connectivity index (χ2n) is 5.99. The summed E-state index contributed by atoms with van der Waals surface area (Å²) >= 11 is 5.99. The van der Waals surface area contributed by atoms with Crippen LogP contribution in [-0.4, -0.2) is 40.7 Å². The van der Waals surface area contributed by atoms with Gasteiger partial charge in [-0.05, 0) is 50.8 Å². The predicted octanol–water partition coefficient (Wildman–Crippen LogP) is 3.81. The van der Waals surface area contributed by atoms with Crippen LogP contribution in [0.4, 0.5) is 5.82 Å². The average Bonchev–Trinajstić information content (AvgIpc) is 3.03. The highest BCUT2D eigenvalue weighted by atomic mass is 35.5. The van der Waals surface area contributed by atoms with Crippen molar-refractivity contribution in [2.24, 2.45) is 0 Å². The lowest BCUT2D eigenvalue weighted by Gasteiger charge is -2.25. The summed E-state index contributed by atoms with van der Waals surface area (Å²) in [4.78, 5) is 10.8. The second-order valence-corrected chi connectivity index (χ2v) is 6.42. The van der Waals surface area contributed by atoms with E-state index in [1.165, 1.54) is 5.56 Å². The lowest BCUT2D eigenvalue weighted by Crippen LogP contribution is -2.27. The number of rotatable bonds is 6. The predicted molar refractivity (Wildman–Crippen MR) is 98.6 cm³/mol. The summed E-state index contributed by atoms with van der Waals surface area (Å²) < 4.78 is 5.21. The molecule has 0 aliphatic rings.